The first-order valence-electron chi connectivity index (χ1n) is 9.62. The number of nitrogens with one attached hydrogen (secondary N) is 1. The summed E-state index contributed by atoms with van der Waals surface area (Å²) in [7, 11) is -3.61. The number of carbonyl (C=O) groups excluding carboxylic acids is 1. The van der Waals surface area contributed by atoms with Crippen molar-refractivity contribution in [3.8, 4) is 5.75 Å². The van der Waals surface area contributed by atoms with Crippen molar-refractivity contribution in [3.63, 3.8) is 0 Å². The molecule has 30 heavy (non-hydrogen) atoms. The van der Waals surface area contributed by atoms with Crippen LogP contribution in [0.4, 0.5) is 0 Å². The van der Waals surface area contributed by atoms with E-state index in [9.17, 15) is 18.0 Å². The molecule has 0 unspecified atom stereocenters. The Hall–Kier alpha value is -2.97. The van der Waals surface area contributed by atoms with Crippen LogP contribution < -0.4 is 15.1 Å². The van der Waals surface area contributed by atoms with Crippen LogP contribution in [0.2, 0.25) is 0 Å². The lowest BCUT2D eigenvalue weighted by molar-refractivity contribution is -0.134. The zero-order chi connectivity index (χ0) is 21.7. The van der Waals surface area contributed by atoms with Crippen LogP contribution in [-0.4, -0.2) is 20.9 Å². The molecule has 0 aliphatic carbocycles. The molecular weight excluding hydrogens is 406 g/mol. The van der Waals surface area contributed by atoms with Gasteiger partial charge in [-0.3, -0.25) is 4.79 Å². The van der Waals surface area contributed by atoms with Crippen LogP contribution in [0.5, 0.6) is 5.75 Å². The maximum atomic E-state index is 12.2. The molecule has 0 aliphatic rings. The SMILES string of the molecule is CCc1cc(=O)oc2cc(OC(=O)CCCNS(=O)(=O)c3ccc(C)cc3)ccc12. The minimum Gasteiger partial charge on any atom is -0.426 e. The van der Waals surface area contributed by atoms with Crippen molar-refractivity contribution >= 4 is 27.0 Å². The Bertz CT molecular complexity index is 1210. The van der Waals surface area contributed by atoms with E-state index in [1.807, 2.05) is 13.8 Å². The summed E-state index contributed by atoms with van der Waals surface area (Å²) in [6.07, 6.45) is 1.000. The van der Waals surface area contributed by atoms with Crippen molar-refractivity contribution in [2.45, 2.75) is 38.0 Å². The second kappa shape index (κ2) is 9.23. The summed E-state index contributed by atoms with van der Waals surface area (Å²) in [5, 5.41) is 0.794. The van der Waals surface area contributed by atoms with Gasteiger partial charge >= 0.3 is 11.6 Å². The summed E-state index contributed by atoms with van der Waals surface area (Å²) in [4.78, 5) is 23.9. The summed E-state index contributed by atoms with van der Waals surface area (Å²) >= 11 is 0. The molecule has 7 nitrogen and oxygen atoms in total. The minimum atomic E-state index is -3.61. The Morgan fingerprint density at radius 1 is 1.10 bits per heavy atom. The molecule has 1 aromatic heterocycles. The molecule has 0 radical (unpaired) electrons. The van der Waals surface area contributed by atoms with Gasteiger partial charge < -0.3 is 9.15 Å². The quantitative estimate of drug-likeness (QED) is 0.255. The number of carbonyl (C=O) groups is 1. The number of fused-ring (bicyclic) bond motifs is 1. The van der Waals surface area contributed by atoms with E-state index < -0.39 is 21.6 Å². The molecule has 0 spiro atoms. The standard InChI is InChI=1S/C22H23NO6S/c1-3-16-13-22(25)29-20-14-17(8-11-19(16)20)28-21(24)5-4-12-23-30(26,27)18-9-6-15(2)7-10-18/h6-11,13-14,23H,3-5,12H2,1-2H3. The number of benzene rings is 2. The highest BCUT2D eigenvalue weighted by molar-refractivity contribution is 7.89. The summed E-state index contributed by atoms with van der Waals surface area (Å²) < 4.78 is 37.4. The first kappa shape index (κ1) is 21.7. The highest BCUT2D eigenvalue weighted by Crippen LogP contribution is 2.23. The molecule has 8 heteroatoms. The Labute approximate surface area is 174 Å². The van der Waals surface area contributed by atoms with E-state index in [1.54, 1.807) is 24.3 Å². The van der Waals surface area contributed by atoms with Crippen molar-refractivity contribution in [2.24, 2.45) is 0 Å². The van der Waals surface area contributed by atoms with Gasteiger partial charge in [0.1, 0.15) is 11.3 Å². The second-order valence-corrected chi connectivity index (χ2v) is 8.66. The Morgan fingerprint density at radius 3 is 2.53 bits per heavy atom. The molecular formula is C22H23NO6S. The van der Waals surface area contributed by atoms with Gasteiger partial charge in [-0.2, -0.15) is 0 Å². The molecule has 0 saturated carbocycles. The third kappa shape index (κ3) is 5.34. The van der Waals surface area contributed by atoms with Gasteiger partial charge in [-0.25, -0.2) is 17.9 Å². The predicted octanol–water partition coefficient (Wildman–Crippen LogP) is 3.33. The lowest BCUT2D eigenvalue weighted by Gasteiger charge is -2.08. The number of aryl methyl sites for hydroxylation is 2. The van der Waals surface area contributed by atoms with Gasteiger partial charge in [0, 0.05) is 30.5 Å². The van der Waals surface area contributed by atoms with Gasteiger partial charge in [-0.15, -0.1) is 0 Å². The fraction of sp³-hybridized carbons (Fsp3) is 0.273. The Kier molecular flexibility index (Phi) is 6.69. The number of esters is 1. The van der Waals surface area contributed by atoms with Gasteiger partial charge in [0.25, 0.3) is 0 Å². The van der Waals surface area contributed by atoms with E-state index in [4.69, 9.17) is 9.15 Å². The van der Waals surface area contributed by atoms with Gasteiger partial charge in [0.15, 0.2) is 0 Å². The predicted molar refractivity (Wildman–Crippen MR) is 113 cm³/mol. The van der Waals surface area contributed by atoms with Crippen LogP contribution in [-0.2, 0) is 21.2 Å². The van der Waals surface area contributed by atoms with E-state index in [2.05, 4.69) is 4.72 Å². The highest BCUT2D eigenvalue weighted by atomic mass is 32.2. The van der Waals surface area contributed by atoms with E-state index in [1.165, 1.54) is 24.3 Å². The summed E-state index contributed by atoms with van der Waals surface area (Å²) in [5.74, 6) is -0.234. The topological polar surface area (TPSA) is 103 Å². The monoisotopic (exact) mass is 429 g/mol. The van der Waals surface area contributed by atoms with Crippen LogP contribution in [0.15, 0.2) is 62.6 Å². The van der Waals surface area contributed by atoms with E-state index >= 15 is 0 Å². The number of ether oxygens (including phenoxy) is 1. The fourth-order valence-electron chi connectivity index (χ4n) is 2.99. The number of sulfonamides is 1. The van der Waals surface area contributed by atoms with Crippen molar-refractivity contribution in [1.29, 1.82) is 0 Å². The number of hydrogen-bond donors (Lipinski definition) is 1. The van der Waals surface area contributed by atoms with Crippen LogP contribution >= 0.6 is 0 Å². The molecule has 3 rings (SSSR count). The zero-order valence-electron chi connectivity index (χ0n) is 16.8. The second-order valence-electron chi connectivity index (χ2n) is 6.89. The Morgan fingerprint density at radius 2 is 1.83 bits per heavy atom. The minimum absolute atomic E-state index is 0.0351. The van der Waals surface area contributed by atoms with Crippen molar-refractivity contribution in [3.05, 3.63) is 70.1 Å². The molecule has 0 aliphatic heterocycles. The molecule has 3 aromatic rings. The van der Waals surface area contributed by atoms with Crippen LogP contribution in [0.25, 0.3) is 11.0 Å². The van der Waals surface area contributed by atoms with Gasteiger partial charge in [0.2, 0.25) is 10.0 Å². The lowest BCUT2D eigenvalue weighted by Crippen LogP contribution is -2.25. The normalized spacial score (nSPS) is 11.5. The largest absolute Gasteiger partial charge is 0.426 e. The maximum absolute atomic E-state index is 12.2. The van der Waals surface area contributed by atoms with Crippen LogP contribution in [0.1, 0.15) is 30.9 Å². The zero-order valence-corrected chi connectivity index (χ0v) is 17.6. The van der Waals surface area contributed by atoms with E-state index in [0.29, 0.717) is 12.0 Å². The molecule has 0 bridgehead atoms. The number of hydrogen-bond acceptors (Lipinski definition) is 6. The van der Waals surface area contributed by atoms with Gasteiger partial charge in [-0.05, 0) is 49.6 Å². The van der Waals surface area contributed by atoms with E-state index in [0.717, 1.165) is 16.5 Å². The number of rotatable bonds is 8. The van der Waals surface area contributed by atoms with Gasteiger partial charge in [-0.1, -0.05) is 24.6 Å². The first-order chi connectivity index (χ1) is 14.3. The van der Waals surface area contributed by atoms with E-state index in [-0.39, 0.29) is 30.0 Å². The molecule has 0 atom stereocenters. The lowest BCUT2D eigenvalue weighted by atomic mass is 10.1. The summed E-state index contributed by atoms with van der Waals surface area (Å²) in [6, 6.07) is 12.9. The third-order valence-electron chi connectivity index (χ3n) is 4.60. The maximum Gasteiger partial charge on any atom is 0.336 e. The fourth-order valence-corrected chi connectivity index (χ4v) is 4.06. The molecule has 158 valence electrons. The molecule has 2 aromatic carbocycles. The molecule has 0 saturated heterocycles. The van der Waals surface area contributed by atoms with Crippen molar-refractivity contribution < 1.29 is 22.4 Å². The first-order valence-corrected chi connectivity index (χ1v) is 11.1. The Balaban J connectivity index is 1.54. The van der Waals surface area contributed by atoms with Crippen LogP contribution in [0.3, 0.4) is 0 Å². The smallest absolute Gasteiger partial charge is 0.336 e. The average Bonchev–Trinajstić information content (AvgIpc) is 2.70. The summed E-state index contributed by atoms with van der Waals surface area (Å²) in [6.45, 7) is 3.92. The van der Waals surface area contributed by atoms with Crippen molar-refractivity contribution in [1.82, 2.24) is 4.72 Å². The average molecular weight is 429 g/mol. The van der Waals surface area contributed by atoms with Gasteiger partial charge in [0.05, 0.1) is 4.90 Å². The van der Waals surface area contributed by atoms with Crippen molar-refractivity contribution in [2.75, 3.05) is 6.54 Å². The summed E-state index contributed by atoms with van der Waals surface area (Å²) in [5.41, 5.74) is 1.73. The third-order valence-corrected chi connectivity index (χ3v) is 6.07. The molecule has 0 amide bonds. The highest BCUT2D eigenvalue weighted by Gasteiger charge is 2.14. The molecule has 1 N–H and O–H groups in total. The molecule has 0 fully saturated rings. The van der Waals surface area contributed by atoms with Crippen LogP contribution in [0, 0.1) is 6.92 Å². The molecule has 1 heterocycles.